The number of furan rings is 1. The van der Waals surface area contributed by atoms with Crippen LogP contribution in [0.2, 0.25) is 0 Å². The maximum Gasteiger partial charge on any atom is 0.291 e. The van der Waals surface area contributed by atoms with Gasteiger partial charge in [-0.15, -0.1) is 0 Å². The SMILES string of the molecule is COc1cccc2cc(C(=O)Nc3ccc(N4C[C@@H]5C[C@@H](C4)c4cccc(=O)n4C5)nc3)oc12. The van der Waals surface area contributed by atoms with Crippen molar-refractivity contribution in [3.05, 3.63) is 82.6 Å². The Morgan fingerprint density at radius 2 is 2.00 bits per heavy atom. The van der Waals surface area contributed by atoms with Crippen LogP contribution < -0.4 is 20.5 Å². The molecule has 2 bridgehead atoms. The lowest BCUT2D eigenvalue weighted by Crippen LogP contribution is -2.47. The van der Waals surface area contributed by atoms with E-state index >= 15 is 0 Å². The smallest absolute Gasteiger partial charge is 0.291 e. The van der Waals surface area contributed by atoms with E-state index in [1.54, 1.807) is 31.5 Å². The number of aromatic nitrogens is 2. The van der Waals surface area contributed by atoms with E-state index in [0.717, 1.165) is 43.0 Å². The summed E-state index contributed by atoms with van der Waals surface area (Å²) in [6.45, 7) is 2.43. The van der Waals surface area contributed by atoms with Gasteiger partial charge in [-0.3, -0.25) is 9.59 Å². The first-order chi connectivity index (χ1) is 16.6. The van der Waals surface area contributed by atoms with Crippen LogP contribution in [0, 0.1) is 5.92 Å². The molecule has 34 heavy (non-hydrogen) atoms. The highest BCUT2D eigenvalue weighted by atomic mass is 16.5. The van der Waals surface area contributed by atoms with E-state index in [1.165, 1.54) is 0 Å². The summed E-state index contributed by atoms with van der Waals surface area (Å²) in [7, 11) is 1.57. The Kier molecular flexibility index (Phi) is 4.86. The van der Waals surface area contributed by atoms with Crippen molar-refractivity contribution >= 4 is 28.4 Å². The third kappa shape index (κ3) is 3.51. The van der Waals surface area contributed by atoms with Gasteiger partial charge in [0.25, 0.3) is 11.5 Å². The lowest BCUT2D eigenvalue weighted by Gasteiger charge is -2.43. The second-order valence-corrected chi connectivity index (χ2v) is 8.95. The van der Waals surface area contributed by atoms with Crippen molar-refractivity contribution in [2.24, 2.45) is 5.92 Å². The van der Waals surface area contributed by atoms with E-state index < -0.39 is 0 Å². The molecule has 1 aromatic carbocycles. The van der Waals surface area contributed by atoms with Gasteiger partial charge in [-0.05, 0) is 42.7 Å². The fourth-order valence-electron chi connectivity index (χ4n) is 5.23. The quantitative estimate of drug-likeness (QED) is 0.501. The number of hydrogen-bond acceptors (Lipinski definition) is 6. The normalized spacial score (nSPS) is 19.0. The number of nitrogens with zero attached hydrogens (tertiary/aromatic N) is 3. The number of benzene rings is 1. The Morgan fingerprint density at radius 3 is 2.82 bits per heavy atom. The molecule has 8 nitrogen and oxygen atoms in total. The molecule has 1 amide bonds. The van der Waals surface area contributed by atoms with Gasteiger partial charge in [0, 0.05) is 42.7 Å². The number of piperidine rings is 1. The highest BCUT2D eigenvalue weighted by Crippen LogP contribution is 2.36. The van der Waals surface area contributed by atoms with Crippen molar-refractivity contribution in [3.63, 3.8) is 0 Å². The van der Waals surface area contributed by atoms with Gasteiger partial charge in [0.05, 0.1) is 19.0 Å². The molecule has 1 fully saturated rings. The number of carbonyl (C=O) groups is 1. The van der Waals surface area contributed by atoms with Crippen LogP contribution >= 0.6 is 0 Å². The molecule has 4 aromatic rings. The van der Waals surface area contributed by atoms with Crippen molar-refractivity contribution < 1.29 is 13.9 Å². The summed E-state index contributed by atoms with van der Waals surface area (Å²) in [5, 5.41) is 3.66. The molecular weight excluding hydrogens is 432 g/mol. The molecule has 5 heterocycles. The molecular formula is C26H24N4O4. The molecule has 3 aromatic heterocycles. The van der Waals surface area contributed by atoms with Gasteiger partial charge in [-0.2, -0.15) is 0 Å². The molecule has 0 unspecified atom stereocenters. The Bertz CT molecular complexity index is 1440. The van der Waals surface area contributed by atoms with Gasteiger partial charge >= 0.3 is 0 Å². The molecule has 6 rings (SSSR count). The van der Waals surface area contributed by atoms with Gasteiger partial charge in [-0.1, -0.05) is 18.2 Å². The number of anilines is 2. The third-order valence-corrected chi connectivity index (χ3v) is 6.76. The Labute approximate surface area is 195 Å². The largest absolute Gasteiger partial charge is 0.493 e. The number of methoxy groups -OCH3 is 1. The minimum Gasteiger partial charge on any atom is -0.493 e. The van der Waals surface area contributed by atoms with E-state index in [4.69, 9.17) is 9.15 Å². The molecule has 0 radical (unpaired) electrons. The number of hydrogen-bond donors (Lipinski definition) is 1. The first kappa shape index (κ1) is 20.5. The average Bonchev–Trinajstić information content (AvgIpc) is 3.30. The summed E-state index contributed by atoms with van der Waals surface area (Å²) >= 11 is 0. The van der Waals surface area contributed by atoms with Gasteiger partial charge in [0.1, 0.15) is 5.82 Å². The van der Waals surface area contributed by atoms with Crippen molar-refractivity contribution in [1.82, 2.24) is 9.55 Å². The van der Waals surface area contributed by atoms with Crippen LogP contribution in [0.3, 0.4) is 0 Å². The zero-order valence-corrected chi connectivity index (χ0v) is 18.7. The fraction of sp³-hybridized carbons (Fsp3) is 0.269. The van der Waals surface area contributed by atoms with Crippen molar-refractivity contribution in [3.8, 4) is 5.75 Å². The van der Waals surface area contributed by atoms with Gasteiger partial charge in [0.2, 0.25) is 0 Å². The number of rotatable bonds is 4. The monoisotopic (exact) mass is 456 g/mol. The highest BCUT2D eigenvalue weighted by molar-refractivity contribution is 6.05. The van der Waals surface area contributed by atoms with Crippen LogP contribution in [0.15, 0.2) is 70.0 Å². The summed E-state index contributed by atoms with van der Waals surface area (Å²) in [6, 6.07) is 16.5. The number of pyridine rings is 2. The first-order valence-corrected chi connectivity index (χ1v) is 11.4. The fourth-order valence-corrected chi connectivity index (χ4v) is 5.23. The number of fused-ring (bicyclic) bond motifs is 5. The zero-order valence-electron chi connectivity index (χ0n) is 18.7. The summed E-state index contributed by atoms with van der Waals surface area (Å²) in [4.78, 5) is 31.9. The second-order valence-electron chi connectivity index (χ2n) is 8.95. The molecule has 172 valence electrons. The molecule has 0 spiro atoms. The Morgan fingerprint density at radius 1 is 1.12 bits per heavy atom. The molecule has 1 saturated heterocycles. The molecule has 2 aliphatic heterocycles. The summed E-state index contributed by atoms with van der Waals surface area (Å²) in [6.07, 6.45) is 2.76. The predicted molar refractivity (Wildman–Crippen MR) is 129 cm³/mol. The molecule has 8 heteroatoms. The van der Waals surface area contributed by atoms with Crippen LogP contribution in [0.4, 0.5) is 11.5 Å². The number of nitrogens with one attached hydrogen (secondary N) is 1. The van der Waals surface area contributed by atoms with Crippen LogP contribution in [0.5, 0.6) is 5.75 Å². The van der Waals surface area contributed by atoms with Gasteiger partial charge in [-0.25, -0.2) is 4.98 Å². The first-order valence-electron chi connectivity index (χ1n) is 11.4. The van der Waals surface area contributed by atoms with E-state index in [-0.39, 0.29) is 17.2 Å². The summed E-state index contributed by atoms with van der Waals surface area (Å²) < 4.78 is 13.0. The zero-order chi connectivity index (χ0) is 23.2. The number of para-hydroxylation sites is 1. The van der Waals surface area contributed by atoms with Crippen LogP contribution in [0.25, 0.3) is 11.0 Å². The minimum atomic E-state index is -0.345. The molecule has 0 aliphatic carbocycles. The van der Waals surface area contributed by atoms with Crippen molar-refractivity contribution in [2.75, 3.05) is 30.4 Å². The van der Waals surface area contributed by atoms with Gasteiger partial charge < -0.3 is 23.9 Å². The van der Waals surface area contributed by atoms with Crippen LogP contribution in [-0.2, 0) is 6.54 Å². The number of amides is 1. The lowest BCUT2D eigenvalue weighted by atomic mass is 9.83. The average molecular weight is 457 g/mol. The van der Waals surface area contributed by atoms with E-state index in [0.29, 0.717) is 28.9 Å². The Balaban J connectivity index is 1.17. The number of carbonyl (C=O) groups excluding carboxylic acids is 1. The standard InChI is InChI=1S/C26H24N4O4/c1-33-21-6-2-4-17-11-22(34-25(17)21)26(32)28-19-8-9-23(27-12-19)29-13-16-10-18(15-29)20-5-3-7-24(31)30(20)14-16/h2-9,11-12,16,18H,10,13-15H2,1H3,(H,28,32)/t16-,18-/m0/s1. The van der Waals surface area contributed by atoms with Crippen LogP contribution in [0.1, 0.15) is 28.6 Å². The number of ether oxygens (including phenoxy) is 1. The topological polar surface area (TPSA) is 89.6 Å². The molecule has 1 N–H and O–H groups in total. The van der Waals surface area contributed by atoms with E-state index in [1.807, 2.05) is 34.9 Å². The Hall–Kier alpha value is -4.07. The molecule has 2 atom stereocenters. The lowest BCUT2D eigenvalue weighted by molar-refractivity contribution is 0.0998. The highest BCUT2D eigenvalue weighted by Gasteiger charge is 2.34. The van der Waals surface area contributed by atoms with Gasteiger partial charge in [0.15, 0.2) is 17.1 Å². The van der Waals surface area contributed by atoms with Crippen molar-refractivity contribution in [2.45, 2.75) is 18.9 Å². The maximum absolute atomic E-state index is 12.7. The summed E-state index contributed by atoms with van der Waals surface area (Å²) in [5.74, 6) is 2.04. The second kappa shape index (κ2) is 8.06. The van der Waals surface area contributed by atoms with E-state index in [9.17, 15) is 9.59 Å². The maximum atomic E-state index is 12.7. The third-order valence-electron chi connectivity index (χ3n) is 6.76. The molecule has 2 aliphatic rings. The molecule has 0 saturated carbocycles. The summed E-state index contributed by atoms with van der Waals surface area (Å²) in [5.41, 5.74) is 2.33. The minimum absolute atomic E-state index is 0.0850. The van der Waals surface area contributed by atoms with Crippen LogP contribution in [-0.4, -0.2) is 35.7 Å². The van der Waals surface area contributed by atoms with Crippen molar-refractivity contribution in [1.29, 1.82) is 0 Å². The predicted octanol–water partition coefficient (Wildman–Crippen LogP) is 3.87. The van der Waals surface area contributed by atoms with E-state index in [2.05, 4.69) is 21.3 Å².